The van der Waals surface area contributed by atoms with Gasteiger partial charge < -0.3 is 14.3 Å². The molecule has 0 radical (unpaired) electrons. The van der Waals surface area contributed by atoms with Crippen LogP contribution in [-0.4, -0.2) is 68.0 Å². The van der Waals surface area contributed by atoms with Crippen LogP contribution in [0.15, 0.2) is 35.1 Å². The highest BCUT2D eigenvalue weighted by Gasteiger charge is 2.18. The van der Waals surface area contributed by atoms with Gasteiger partial charge in [-0.15, -0.1) is 0 Å². The first kappa shape index (κ1) is 18.7. The Bertz CT molecular complexity index is 1170. The number of aryl methyl sites for hydroxylation is 2. The molecular weight excluding hydrogens is 380 g/mol. The third-order valence-electron chi connectivity index (χ3n) is 5.60. The average molecular weight is 404 g/mol. The van der Waals surface area contributed by atoms with E-state index in [4.69, 9.17) is 4.52 Å². The number of anilines is 1. The van der Waals surface area contributed by atoms with Crippen molar-refractivity contribution >= 4 is 16.7 Å². The molecule has 0 saturated carbocycles. The van der Waals surface area contributed by atoms with Gasteiger partial charge in [-0.1, -0.05) is 5.16 Å². The van der Waals surface area contributed by atoms with Gasteiger partial charge in [-0.05, 0) is 39.1 Å². The molecule has 0 atom stereocenters. The molecule has 1 saturated heterocycles. The fraction of sp³-hybridized carbons (Fsp3) is 0.381. The van der Waals surface area contributed by atoms with Crippen LogP contribution in [0.5, 0.6) is 0 Å². The van der Waals surface area contributed by atoms with Gasteiger partial charge >= 0.3 is 0 Å². The molecule has 9 nitrogen and oxygen atoms in total. The molecule has 0 aromatic carbocycles. The molecule has 0 spiro atoms. The SMILES string of the molecule is CCn1ncc2cc(-c3nc(-c4ccc(N5CCN(C)CC5)cn4)no3)c(C)nc21. The van der Waals surface area contributed by atoms with Crippen LogP contribution in [0, 0.1) is 6.92 Å². The number of likely N-dealkylation sites (N-methyl/N-ethyl adjacent to an activating group) is 1. The average Bonchev–Trinajstić information content (AvgIpc) is 3.41. The summed E-state index contributed by atoms with van der Waals surface area (Å²) >= 11 is 0. The van der Waals surface area contributed by atoms with Crippen LogP contribution in [0.1, 0.15) is 12.6 Å². The second kappa shape index (κ2) is 7.49. The third-order valence-corrected chi connectivity index (χ3v) is 5.60. The highest BCUT2D eigenvalue weighted by atomic mass is 16.5. The lowest BCUT2D eigenvalue weighted by Crippen LogP contribution is -2.44. The van der Waals surface area contributed by atoms with E-state index in [0.29, 0.717) is 17.4 Å². The minimum Gasteiger partial charge on any atom is -0.368 e. The number of hydrogen-bond acceptors (Lipinski definition) is 8. The summed E-state index contributed by atoms with van der Waals surface area (Å²) in [6.07, 6.45) is 3.69. The van der Waals surface area contributed by atoms with E-state index in [1.54, 1.807) is 0 Å². The Morgan fingerprint density at radius 2 is 1.90 bits per heavy atom. The molecule has 0 unspecified atom stereocenters. The van der Waals surface area contributed by atoms with Crippen LogP contribution in [0.2, 0.25) is 0 Å². The van der Waals surface area contributed by atoms with Gasteiger partial charge in [0.1, 0.15) is 5.69 Å². The lowest BCUT2D eigenvalue weighted by Gasteiger charge is -2.33. The molecule has 1 aliphatic heterocycles. The third kappa shape index (κ3) is 3.30. The lowest BCUT2D eigenvalue weighted by molar-refractivity contribution is 0.313. The molecule has 0 bridgehead atoms. The first-order valence-electron chi connectivity index (χ1n) is 10.2. The molecule has 154 valence electrons. The molecule has 4 aromatic rings. The van der Waals surface area contributed by atoms with Crippen molar-refractivity contribution in [1.29, 1.82) is 0 Å². The maximum atomic E-state index is 5.54. The summed E-state index contributed by atoms with van der Waals surface area (Å²) in [5.74, 6) is 0.907. The van der Waals surface area contributed by atoms with Gasteiger partial charge in [0.15, 0.2) is 5.65 Å². The summed E-state index contributed by atoms with van der Waals surface area (Å²) in [5.41, 5.74) is 4.30. The van der Waals surface area contributed by atoms with Crippen LogP contribution in [0.25, 0.3) is 34.0 Å². The summed E-state index contributed by atoms with van der Waals surface area (Å²) in [4.78, 5) is 18.5. The predicted octanol–water partition coefficient (Wildman–Crippen LogP) is 2.62. The largest absolute Gasteiger partial charge is 0.368 e. The van der Waals surface area contributed by atoms with Gasteiger partial charge in [0.2, 0.25) is 5.82 Å². The van der Waals surface area contributed by atoms with Crippen molar-refractivity contribution in [2.24, 2.45) is 0 Å². The Morgan fingerprint density at radius 3 is 2.63 bits per heavy atom. The van der Waals surface area contributed by atoms with E-state index >= 15 is 0 Å². The van der Waals surface area contributed by atoms with Crippen molar-refractivity contribution in [1.82, 2.24) is 34.8 Å². The van der Waals surface area contributed by atoms with Gasteiger partial charge in [0.05, 0.1) is 29.3 Å². The standard InChI is InChI=1S/C21H24N8O/c1-4-29-20-15(12-23-29)11-17(14(2)24-20)21-25-19(26-30-21)18-6-5-16(13-22-18)28-9-7-27(3)8-10-28/h5-6,11-13H,4,7-10H2,1-3H3. The minimum absolute atomic E-state index is 0.436. The topological polar surface area (TPSA) is 89.0 Å². The summed E-state index contributed by atoms with van der Waals surface area (Å²) in [7, 11) is 2.15. The Morgan fingerprint density at radius 1 is 1.07 bits per heavy atom. The van der Waals surface area contributed by atoms with E-state index in [-0.39, 0.29) is 0 Å². The van der Waals surface area contributed by atoms with Crippen molar-refractivity contribution in [2.75, 3.05) is 38.1 Å². The van der Waals surface area contributed by atoms with Crippen LogP contribution in [0.3, 0.4) is 0 Å². The molecule has 30 heavy (non-hydrogen) atoms. The number of hydrogen-bond donors (Lipinski definition) is 0. The fourth-order valence-corrected chi connectivity index (χ4v) is 3.75. The number of pyridine rings is 2. The van der Waals surface area contributed by atoms with E-state index in [2.05, 4.69) is 48.1 Å². The van der Waals surface area contributed by atoms with Gasteiger partial charge in [-0.3, -0.25) is 4.98 Å². The van der Waals surface area contributed by atoms with Crippen molar-refractivity contribution in [3.05, 3.63) is 36.3 Å². The van der Waals surface area contributed by atoms with Gasteiger partial charge in [-0.2, -0.15) is 10.1 Å². The number of piperazine rings is 1. The second-order valence-electron chi connectivity index (χ2n) is 7.61. The Labute approximate surface area is 174 Å². The highest BCUT2D eigenvalue weighted by molar-refractivity contribution is 5.80. The molecule has 0 N–H and O–H groups in total. The first-order chi connectivity index (χ1) is 14.6. The molecule has 0 amide bonds. The van der Waals surface area contributed by atoms with Crippen molar-refractivity contribution in [2.45, 2.75) is 20.4 Å². The molecule has 9 heteroatoms. The number of rotatable bonds is 4. The van der Waals surface area contributed by atoms with Gasteiger partial charge in [-0.25, -0.2) is 9.67 Å². The maximum Gasteiger partial charge on any atom is 0.260 e. The number of aromatic nitrogens is 6. The van der Waals surface area contributed by atoms with E-state index < -0.39 is 0 Å². The maximum absolute atomic E-state index is 5.54. The predicted molar refractivity (Wildman–Crippen MR) is 114 cm³/mol. The van der Waals surface area contributed by atoms with Crippen LogP contribution >= 0.6 is 0 Å². The zero-order valence-electron chi connectivity index (χ0n) is 17.4. The van der Waals surface area contributed by atoms with E-state index in [9.17, 15) is 0 Å². The molecule has 4 aromatic heterocycles. The Hall–Kier alpha value is -3.33. The molecule has 1 aliphatic rings. The summed E-state index contributed by atoms with van der Waals surface area (Å²) in [5, 5.41) is 9.46. The molecule has 1 fully saturated rings. The smallest absolute Gasteiger partial charge is 0.260 e. The second-order valence-corrected chi connectivity index (χ2v) is 7.61. The van der Waals surface area contributed by atoms with E-state index in [0.717, 1.165) is 60.7 Å². The van der Waals surface area contributed by atoms with Crippen molar-refractivity contribution in [3.8, 4) is 23.0 Å². The van der Waals surface area contributed by atoms with Crippen LogP contribution in [-0.2, 0) is 6.54 Å². The fourth-order valence-electron chi connectivity index (χ4n) is 3.75. The Kier molecular flexibility index (Phi) is 4.66. The highest BCUT2D eigenvalue weighted by Crippen LogP contribution is 2.27. The number of fused-ring (bicyclic) bond motifs is 1. The quantitative estimate of drug-likeness (QED) is 0.513. The van der Waals surface area contributed by atoms with Gasteiger partial charge in [0.25, 0.3) is 5.89 Å². The van der Waals surface area contributed by atoms with Crippen LogP contribution < -0.4 is 4.90 Å². The zero-order chi connectivity index (χ0) is 20.7. The summed E-state index contributed by atoms with van der Waals surface area (Å²) in [6, 6.07) is 6.02. The van der Waals surface area contributed by atoms with Crippen molar-refractivity contribution in [3.63, 3.8) is 0 Å². The summed E-state index contributed by atoms with van der Waals surface area (Å²) < 4.78 is 7.41. The van der Waals surface area contributed by atoms with E-state index in [1.807, 2.05) is 43.1 Å². The molecular formula is C21H24N8O. The normalized spacial score (nSPS) is 15.2. The Balaban J connectivity index is 1.40. The summed E-state index contributed by atoms with van der Waals surface area (Å²) in [6.45, 7) is 8.89. The molecule has 0 aliphatic carbocycles. The zero-order valence-corrected chi connectivity index (χ0v) is 17.4. The van der Waals surface area contributed by atoms with Crippen LogP contribution in [0.4, 0.5) is 5.69 Å². The molecule has 5 rings (SSSR count). The molecule has 5 heterocycles. The lowest BCUT2D eigenvalue weighted by atomic mass is 10.1. The number of nitrogens with zero attached hydrogens (tertiary/aromatic N) is 8. The minimum atomic E-state index is 0.436. The van der Waals surface area contributed by atoms with E-state index in [1.165, 1.54) is 0 Å². The monoisotopic (exact) mass is 404 g/mol. The van der Waals surface area contributed by atoms with Gasteiger partial charge in [0, 0.05) is 38.1 Å². The first-order valence-corrected chi connectivity index (χ1v) is 10.2. The van der Waals surface area contributed by atoms with Crippen molar-refractivity contribution < 1.29 is 4.52 Å².